The number of aromatic nitrogens is 2. The molecule has 1 saturated heterocycles. The number of hydrogen-bond acceptors (Lipinski definition) is 2. The topological polar surface area (TPSA) is 29.9 Å². The van der Waals surface area contributed by atoms with E-state index in [0.29, 0.717) is 5.41 Å². The SMILES string of the molecule is CC1(Cn2cncc2-c2cccc(Br)c2)CCNCC1. The van der Waals surface area contributed by atoms with Gasteiger partial charge in [0.2, 0.25) is 0 Å². The van der Waals surface area contributed by atoms with Crippen LogP contribution in [0.4, 0.5) is 0 Å². The van der Waals surface area contributed by atoms with Crippen molar-refractivity contribution in [1.29, 1.82) is 0 Å². The second kappa shape index (κ2) is 5.70. The van der Waals surface area contributed by atoms with E-state index >= 15 is 0 Å². The van der Waals surface area contributed by atoms with E-state index in [9.17, 15) is 0 Å². The second-order valence-electron chi connectivity index (χ2n) is 5.98. The standard InChI is InChI=1S/C16H20BrN3/c1-16(5-7-18-8-6-16)11-20-12-19-10-15(20)13-3-2-4-14(17)9-13/h2-4,9-10,12,18H,5-8,11H2,1H3. The zero-order chi connectivity index (χ0) is 14.0. The van der Waals surface area contributed by atoms with Crippen LogP contribution in [0, 0.1) is 5.41 Å². The van der Waals surface area contributed by atoms with Crippen LogP contribution in [0.15, 0.2) is 41.3 Å². The molecule has 2 heterocycles. The van der Waals surface area contributed by atoms with Gasteiger partial charge in [-0.25, -0.2) is 4.98 Å². The minimum absolute atomic E-state index is 0.368. The summed E-state index contributed by atoms with van der Waals surface area (Å²) in [7, 11) is 0. The third-order valence-corrected chi connectivity index (χ3v) is 4.69. The van der Waals surface area contributed by atoms with Gasteiger partial charge in [-0.05, 0) is 43.5 Å². The van der Waals surface area contributed by atoms with Crippen molar-refractivity contribution in [3.05, 3.63) is 41.3 Å². The summed E-state index contributed by atoms with van der Waals surface area (Å²) in [6.45, 7) is 5.67. The molecule has 0 atom stereocenters. The summed E-state index contributed by atoms with van der Waals surface area (Å²) in [6, 6.07) is 8.42. The molecule has 20 heavy (non-hydrogen) atoms. The average Bonchev–Trinajstić information content (AvgIpc) is 2.87. The third-order valence-electron chi connectivity index (χ3n) is 4.20. The minimum atomic E-state index is 0.368. The first kappa shape index (κ1) is 13.8. The van der Waals surface area contributed by atoms with Gasteiger partial charge in [0.05, 0.1) is 18.2 Å². The summed E-state index contributed by atoms with van der Waals surface area (Å²) >= 11 is 3.54. The molecule has 0 saturated carbocycles. The smallest absolute Gasteiger partial charge is 0.0951 e. The first-order valence-corrected chi connectivity index (χ1v) is 7.92. The number of halogens is 1. The Morgan fingerprint density at radius 2 is 2.15 bits per heavy atom. The summed E-state index contributed by atoms with van der Waals surface area (Å²) in [6.07, 6.45) is 6.38. The zero-order valence-electron chi connectivity index (χ0n) is 11.8. The molecule has 0 bridgehead atoms. The van der Waals surface area contributed by atoms with Crippen molar-refractivity contribution in [3.8, 4) is 11.3 Å². The van der Waals surface area contributed by atoms with Crippen molar-refractivity contribution in [2.45, 2.75) is 26.3 Å². The maximum atomic E-state index is 4.36. The predicted octanol–water partition coefficient (Wildman–Crippen LogP) is 3.70. The Kier molecular flexibility index (Phi) is 3.94. The molecule has 3 nitrogen and oxygen atoms in total. The monoisotopic (exact) mass is 333 g/mol. The molecular weight excluding hydrogens is 314 g/mol. The minimum Gasteiger partial charge on any atom is -0.330 e. The lowest BCUT2D eigenvalue weighted by molar-refractivity contribution is 0.195. The number of nitrogens with zero attached hydrogens (tertiary/aromatic N) is 2. The molecule has 3 rings (SSSR count). The lowest BCUT2D eigenvalue weighted by atomic mass is 9.81. The number of imidazole rings is 1. The lowest BCUT2D eigenvalue weighted by Crippen LogP contribution is -2.37. The van der Waals surface area contributed by atoms with Gasteiger partial charge in [0.15, 0.2) is 0 Å². The molecule has 4 heteroatoms. The molecule has 1 aliphatic heterocycles. The van der Waals surface area contributed by atoms with Gasteiger partial charge in [0.25, 0.3) is 0 Å². The van der Waals surface area contributed by atoms with Crippen LogP contribution >= 0.6 is 15.9 Å². The quantitative estimate of drug-likeness (QED) is 0.928. The molecule has 0 amide bonds. The van der Waals surface area contributed by atoms with Gasteiger partial charge in [-0.1, -0.05) is 35.0 Å². The van der Waals surface area contributed by atoms with E-state index in [2.05, 4.69) is 62.0 Å². The fraction of sp³-hybridized carbons (Fsp3) is 0.438. The van der Waals surface area contributed by atoms with Crippen molar-refractivity contribution >= 4 is 15.9 Å². The van der Waals surface area contributed by atoms with Gasteiger partial charge in [-0.2, -0.15) is 0 Å². The molecule has 1 aliphatic rings. The van der Waals surface area contributed by atoms with Gasteiger partial charge in [-0.3, -0.25) is 0 Å². The van der Waals surface area contributed by atoms with Crippen LogP contribution in [0.5, 0.6) is 0 Å². The Morgan fingerprint density at radius 3 is 2.90 bits per heavy atom. The summed E-state index contributed by atoms with van der Waals surface area (Å²) < 4.78 is 3.41. The van der Waals surface area contributed by atoms with Crippen molar-refractivity contribution in [1.82, 2.24) is 14.9 Å². The van der Waals surface area contributed by atoms with E-state index < -0.39 is 0 Å². The highest BCUT2D eigenvalue weighted by Gasteiger charge is 2.27. The lowest BCUT2D eigenvalue weighted by Gasteiger charge is -2.34. The number of benzene rings is 1. The summed E-state index contributed by atoms with van der Waals surface area (Å²) in [4.78, 5) is 4.36. The van der Waals surface area contributed by atoms with Crippen LogP contribution in [-0.4, -0.2) is 22.6 Å². The first-order chi connectivity index (χ1) is 9.66. The molecular formula is C16H20BrN3. The van der Waals surface area contributed by atoms with E-state index in [1.165, 1.54) is 24.1 Å². The van der Waals surface area contributed by atoms with Crippen molar-refractivity contribution in [3.63, 3.8) is 0 Å². The maximum Gasteiger partial charge on any atom is 0.0951 e. The number of hydrogen-bond donors (Lipinski definition) is 1. The van der Waals surface area contributed by atoms with Gasteiger partial charge >= 0.3 is 0 Å². The Bertz CT molecular complexity index is 585. The molecule has 1 N–H and O–H groups in total. The van der Waals surface area contributed by atoms with E-state index in [1.54, 1.807) is 0 Å². The fourth-order valence-corrected chi connectivity index (χ4v) is 3.33. The highest BCUT2D eigenvalue weighted by atomic mass is 79.9. The second-order valence-corrected chi connectivity index (χ2v) is 6.89. The molecule has 1 aromatic carbocycles. The largest absolute Gasteiger partial charge is 0.330 e. The zero-order valence-corrected chi connectivity index (χ0v) is 13.4. The Morgan fingerprint density at radius 1 is 1.35 bits per heavy atom. The van der Waals surface area contributed by atoms with Crippen LogP contribution in [0.1, 0.15) is 19.8 Å². The van der Waals surface area contributed by atoms with Gasteiger partial charge in [-0.15, -0.1) is 0 Å². The molecule has 1 fully saturated rings. The van der Waals surface area contributed by atoms with Crippen LogP contribution < -0.4 is 5.32 Å². The molecule has 0 spiro atoms. The number of nitrogens with one attached hydrogen (secondary N) is 1. The Labute approximate surface area is 128 Å². The Hall–Kier alpha value is -1.13. The number of piperidine rings is 1. The first-order valence-electron chi connectivity index (χ1n) is 7.13. The van der Waals surface area contributed by atoms with E-state index in [1.807, 2.05) is 12.5 Å². The molecule has 0 radical (unpaired) electrons. The Balaban J connectivity index is 1.87. The van der Waals surface area contributed by atoms with Crippen LogP contribution in [-0.2, 0) is 6.54 Å². The van der Waals surface area contributed by atoms with Crippen LogP contribution in [0.3, 0.4) is 0 Å². The van der Waals surface area contributed by atoms with Gasteiger partial charge in [0, 0.05) is 16.6 Å². The molecule has 106 valence electrons. The van der Waals surface area contributed by atoms with Crippen molar-refractivity contribution in [2.24, 2.45) is 5.41 Å². The normalized spacial score (nSPS) is 18.1. The van der Waals surface area contributed by atoms with Gasteiger partial charge < -0.3 is 9.88 Å². The average molecular weight is 334 g/mol. The predicted molar refractivity (Wildman–Crippen MR) is 85.6 cm³/mol. The summed E-state index contributed by atoms with van der Waals surface area (Å²) in [5, 5.41) is 3.44. The fourth-order valence-electron chi connectivity index (χ4n) is 2.93. The van der Waals surface area contributed by atoms with Crippen LogP contribution in [0.25, 0.3) is 11.3 Å². The highest BCUT2D eigenvalue weighted by Crippen LogP contribution is 2.32. The molecule has 2 aromatic rings. The third kappa shape index (κ3) is 2.96. The van der Waals surface area contributed by atoms with E-state index in [0.717, 1.165) is 24.1 Å². The molecule has 1 aromatic heterocycles. The van der Waals surface area contributed by atoms with Crippen LogP contribution in [0.2, 0.25) is 0 Å². The maximum absolute atomic E-state index is 4.36. The number of rotatable bonds is 3. The summed E-state index contributed by atoms with van der Waals surface area (Å²) in [5.41, 5.74) is 2.78. The van der Waals surface area contributed by atoms with Gasteiger partial charge in [0.1, 0.15) is 0 Å². The molecule has 0 aliphatic carbocycles. The highest BCUT2D eigenvalue weighted by molar-refractivity contribution is 9.10. The van der Waals surface area contributed by atoms with E-state index in [-0.39, 0.29) is 0 Å². The van der Waals surface area contributed by atoms with Crippen molar-refractivity contribution in [2.75, 3.05) is 13.1 Å². The van der Waals surface area contributed by atoms with Crippen molar-refractivity contribution < 1.29 is 0 Å². The summed E-state index contributed by atoms with van der Waals surface area (Å²) in [5.74, 6) is 0. The van der Waals surface area contributed by atoms with E-state index in [4.69, 9.17) is 0 Å². The molecule has 0 unspecified atom stereocenters.